The van der Waals surface area contributed by atoms with E-state index < -0.39 is 17.4 Å². The van der Waals surface area contributed by atoms with Crippen LogP contribution in [0, 0.1) is 0 Å². The van der Waals surface area contributed by atoms with Crippen molar-refractivity contribution >= 4 is 5.78 Å². The first-order valence-corrected chi connectivity index (χ1v) is 12.1. The van der Waals surface area contributed by atoms with E-state index in [1.807, 2.05) is 6.07 Å². The summed E-state index contributed by atoms with van der Waals surface area (Å²) in [5.74, 6) is -3.44. The number of Topliss-reactive ketones (excluding diaryl/α,β-unsaturated/α-hetero) is 1. The SMILES string of the molecule is COc1ccc([C@@]23Oc4ccccc4C(=O)[C@]2(O)Oc2c(cc(C(C)(C)C)cc2C(C)(C)C)O3)cc1. The van der Waals surface area contributed by atoms with E-state index in [1.165, 1.54) is 0 Å². The molecule has 0 amide bonds. The number of methoxy groups -OCH3 is 1. The second-order valence-electron chi connectivity index (χ2n) is 11.5. The Labute approximate surface area is 211 Å². The van der Waals surface area contributed by atoms with Gasteiger partial charge in [0.15, 0.2) is 11.5 Å². The molecule has 5 rings (SSSR count). The zero-order valence-electron chi connectivity index (χ0n) is 21.8. The number of benzene rings is 3. The van der Waals surface area contributed by atoms with Crippen LogP contribution in [-0.2, 0) is 16.6 Å². The van der Waals surface area contributed by atoms with E-state index in [-0.39, 0.29) is 16.4 Å². The third kappa shape index (κ3) is 3.46. The third-order valence-electron chi connectivity index (χ3n) is 6.84. The number of para-hydroxylation sites is 1. The maximum atomic E-state index is 13.9. The zero-order valence-corrected chi connectivity index (χ0v) is 21.8. The molecular weight excluding hydrogens is 456 g/mol. The molecule has 2 atom stereocenters. The molecule has 0 aromatic heterocycles. The van der Waals surface area contributed by atoms with Gasteiger partial charge in [-0.1, -0.05) is 59.7 Å². The van der Waals surface area contributed by atoms with E-state index >= 15 is 0 Å². The fourth-order valence-electron chi connectivity index (χ4n) is 4.70. The summed E-state index contributed by atoms with van der Waals surface area (Å²) in [6.45, 7) is 12.5. The quantitative estimate of drug-likeness (QED) is 0.486. The Hall–Kier alpha value is -3.51. The summed E-state index contributed by atoms with van der Waals surface area (Å²) in [4.78, 5) is 13.9. The van der Waals surface area contributed by atoms with E-state index in [4.69, 9.17) is 18.9 Å². The van der Waals surface area contributed by atoms with E-state index in [1.54, 1.807) is 55.6 Å². The van der Waals surface area contributed by atoms with Crippen LogP contribution in [0.2, 0.25) is 0 Å². The zero-order chi connectivity index (χ0) is 26.1. The van der Waals surface area contributed by atoms with Gasteiger partial charge in [0.2, 0.25) is 5.78 Å². The van der Waals surface area contributed by atoms with E-state index in [2.05, 4.69) is 47.6 Å². The van der Waals surface area contributed by atoms with Gasteiger partial charge in [-0.05, 0) is 58.9 Å². The minimum atomic E-state index is -2.48. The van der Waals surface area contributed by atoms with E-state index in [0.29, 0.717) is 28.6 Å². The van der Waals surface area contributed by atoms with Crippen LogP contribution < -0.4 is 18.9 Å². The lowest BCUT2D eigenvalue weighted by molar-refractivity contribution is -0.316. The van der Waals surface area contributed by atoms with E-state index in [9.17, 15) is 9.90 Å². The Balaban J connectivity index is 1.81. The number of aliphatic hydroxyl groups is 1. The van der Waals surface area contributed by atoms with Gasteiger partial charge < -0.3 is 24.1 Å². The van der Waals surface area contributed by atoms with Gasteiger partial charge in [-0.2, -0.15) is 0 Å². The molecule has 2 heterocycles. The number of carbonyl (C=O) groups is 1. The molecule has 3 aromatic rings. The second kappa shape index (κ2) is 7.74. The standard InChI is InChI=1S/C30H32O6/c1-27(2,3)19-16-22(28(4,5)6)25-24(17-19)35-30(18-12-14-20(33-7)15-13-18)29(32,36-25)26(31)21-10-8-9-11-23(21)34-30/h8-17,32H,1-7H3/t29-,30-/m0/s1. The highest BCUT2D eigenvalue weighted by molar-refractivity contribution is 6.06. The molecule has 1 N–H and O–H groups in total. The minimum absolute atomic E-state index is 0.185. The molecule has 0 fully saturated rings. The van der Waals surface area contributed by atoms with Gasteiger partial charge in [-0.25, -0.2) is 0 Å². The number of ketones is 1. The van der Waals surface area contributed by atoms with Gasteiger partial charge in [-0.15, -0.1) is 0 Å². The Kier molecular flexibility index (Phi) is 5.20. The van der Waals surface area contributed by atoms with Gasteiger partial charge in [-0.3, -0.25) is 4.79 Å². The van der Waals surface area contributed by atoms with Crippen molar-refractivity contribution in [2.24, 2.45) is 0 Å². The molecule has 6 nitrogen and oxygen atoms in total. The maximum absolute atomic E-state index is 13.9. The summed E-state index contributed by atoms with van der Waals surface area (Å²) >= 11 is 0. The second-order valence-corrected chi connectivity index (χ2v) is 11.5. The highest BCUT2D eigenvalue weighted by Crippen LogP contribution is 2.56. The highest BCUT2D eigenvalue weighted by Gasteiger charge is 2.70. The van der Waals surface area contributed by atoms with Crippen molar-refractivity contribution in [2.45, 2.75) is 63.9 Å². The van der Waals surface area contributed by atoms with Crippen LogP contribution in [-0.4, -0.2) is 23.8 Å². The number of carbonyl (C=O) groups excluding carboxylic acids is 1. The fraction of sp³-hybridized carbons (Fsp3) is 0.367. The minimum Gasteiger partial charge on any atom is -0.497 e. The molecule has 36 heavy (non-hydrogen) atoms. The van der Waals surface area contributed by atoms with Crippen molar-refractivity contribution in [2.75, 3.05) is 7.11 Å². The van der Waals surface area contributed by atoms with E-state index in [0.717, 1.165) is 11.1 Å². The van der Waals surface area contributed by atoms with Gasteiger partial charge in [0.1, 0.15) is 11.5 Å². The Morgan fingerprint density at radius 2 is 1.44 bits per heavy atom. The average Bonchev–Trinajstić information content (AvgIpc) is 2.82. The predicted molar refractivity (Wildman–Crippen MR) is 136 cm³/mol. The van der Waals surface area contributed by atoms with Crippen LogP contribution in [0.5, 0.6) is 23.0 Å². The van der Waals surface area contributed by atoms with Crippen molar-refractivity contribution in [1.82, 2.24) is 0 Å². The number of ether oxygens (including phenoxy) is 4. The number of rotatable bonds is 2. The first-order chi connectivity index (χ1) is 16.8. The summed E-state index contributed by atoms with van der Waals surface area (Å²) in [5.41, 5.74) is 1.95. The molecule has 0 saturated heterocycles. The van der Waals surface area contributed by atoms with Crippen LogP contribution in [0.1, 0.15) is 68.6 Å². The molecule has 2 aliphatic heterocycles. The number of fused-ring (bicyclic) bond motifs is 3. The van der Waals surface area contributed by atoms with Gasteiger partial charge in [0, 0.05) is 11.1 Å². The summed E-state index contributed by atoms with van der Waals surface area (Å²) in [6.07, 6.45) is 0. The normalized spacial score (nSPS) is 22.8. The molecule has 0 aliphatic carbocycles. The summed E-state index contributed by atoms with van der Waals surface area (Å²) < 4.78 is 24.7. The summed E-state index contributed by atoms with van der Waals surface area (Å²) in [7, 11) is 1.57. The first-order valence-electron chi connectivity index (χ1n) is 12.1. The molecule has 0 radical (unpaired) electrons. The average molecular weight is 489 g/mol. The molecule has 188 valence electrons. The van der Waals surface area contributed by atoms with Crippen LogP contribution >= 0.6 is 0 Å². The third-order valence-corrected chi connectivity index (χ3v) is 6.84. The van der Waals surface area contributed by atoms with Crippen LogP contribution in [0.15, 0.2) is 60.7 Å². The van der Waals surface area contributed by atoms with Crippen LogP contribution in [0.3, 0.4) is 0 Å². The Bertz CT molecular complexity index is 1350. The van der Waals surface area contributed by atoms with Crippen molar-refractivity contribution in [1.29, 1.82) is 0 Å². The maximum Gasteiger partial charge on any atom is 0.357 e. The van der Waals surface area contributed by atoms with Crippen LogP contribution in [0.4, 0.5) is 0 Å². The van der Waals surface area contributed by atoms with Crippen molar-refractivity contribution in [3.63, 3.8) is 0 Å². The van der Waals surface area contributed by atoms with Gasteiger partial charge in [0.05, 0.1) is 12.7 Å². The number of hydrogen-bond donors (Lipinski definition) is 1. The molecule has 0 unspecified atom stereocenters. The molecule has 2 aliphatic rings. The lowest BCUT2D eigenvalue weighted by Gasteiger charge is -2.50. The van der Waals surface area contributed by atoms with Crippen molar-refractivity contribution in [3.05, 3.63) is 82.9 Å². The Morgan fingerprint density at radius 1 is 0.806 bits per heavy atom. The van der Waals surface area contributed by atoms with Crippen molar-refractivity contribution < 1.29 is 28.8 Å². The first kappa shape index (κ1) is 24.2. The van der Waals surface area contributed by atoms with Crippen molar-refractivity contribution in [3.8, 4) is 23.0 Å². The largest absolute Gasteiger partial charge is 0.497 e. The lowest BCUT2D eigenvalue weighted by Crippen LogP contribution is -2.70. The van der Waals surface area contributed by atoms with Gasteiger partial charge in [0.25, 0.3) is 0 Å². The summed E-state index contributed by atoms with van der Waals surface area (Å²) in [6, 6.07) is 17.6. The van der Waals surface area contributed by atoms with Gasteiger partial charge >= 0.3 is 11.6 Å². The molecular formula is C30H32O6. The Morgan fingerprint density at radius 3 is 2.06 bits per heavy atom. The smallest absolute Gasteiger partial charge is 0.357 e. The monoisotopic (exact) mass is 488 g/mol. The molecule has 3 aromatic carbocycles. The molecule has 6 heteroatoms. The molecule has 0 bridgehead atoms. The highest BCUT2D eigenvalue weighted by atomic mass is 16.8. The number of hydrogen-bond acceptors (Lipinski definition) is 6. The molecule has 0 saturated carbocycles. The summed E-state index contributed by atoms with van der Waals surface area (Å²) in [5, 5.41) is 12.1. The van der Waals surface area contributed by atoms with Crippen LogP contribution in [0.25, 0.3) is 0 Å². The molecule has 0 spiro atoms. The topological polar surface area (TPSA) is 74.2 Å². The fourth-order valence-corrected chi connectivity index (χ4v) is 4.70. The predicted octanol–water partition coefficient (Wildman–Crippen LogP) is 5.88. The lowest BCUT2D eigenvalue weighted by atomic mass is 9.79.